The largest absolute Gasteiger partial charge is 0.385 e. The highest BCUT2D eigenvalue weighted by molar-refractivity contribution is 7.88. The summed E-state index contributed by atoms with van der Waals surface area (Å²) in [7, 11) is -3.38. The summed E-state index contributed by atoms with van der Waals surface area (Å²) in [5.74, 6) is 0.336. The van der Waals surface area contributed by atoms with Crippen LogP contribution in [0.1, 0.15) is 30.4 Å². The molecule has 2 atom stereocenters. The summed E-state index contributed by atoms with van der Waals surface area (Å²) in [6.45, 7) is 3.94. The summed E-state index contributed by atoms with van der Waals surface area (Å²) in [6, 6.07) is 15.7. The summed E-state index contributed by atoms with van der Waals surface area (Å²) in [4.78, 5) is 2.47. The zero-order valence-electron chi connectivity index (χ0n) is 19.0. The number of hydrogen-bond donors (Lipinski definition) is 1. The maximum Gasteiger partial charge on any atom is 0.211 e. The van der Waals surface area contributed by atoms with E-state index in [4.69, 9.17) is 5.26 Å². The minimum atomic E-state index is -3.38. The average molecular weight is 471 g/mol. The van der Waals surface area contributed by atoms with E-state index in [-0.39, 0.29) is 11.9 Å². The maximum atomic E-state index is 13.3. The van der Waals surface area contributed by atoms with Gasteiger partial charge in [-0.3, -0.25) is 0 Å². The monoisotopic (exact) mass is 470 g/mol. The molecule has 33 heavy (non-hydrogen) atoms. The first kappa shape index (κ1) is 23.7. The van der Waals surface area contributed by atoms with Gasteiger partial charge in [-0.25, -0.2) is 12.8 Å². The molecular weight excluding hydrogens is 439 g/mol. The molecule has 2 aromatic rings. The predicted octanol–water partition coefficient (Wildman–Crippen LogP) is 3.67. The van der Waals surface area contributed by atoms with E-state index in [1.165, 1.54) is 18.4 Å². The first-order chi connectivity index (χ1) is 15.8. The number of piperidine rings is 1. The summed E-state index contributed by atoms with van der Waals surface area (Å²) in [5.41, 5.74) is 2.48. The maximum absolute atomic E-state index is 13.3. The first-order valence-electron chi connectivity index (χ1n) is 11.5. The second-order valence-corrected chi connectivity index (χ2v) is 11.2. The normalized spacial score (nSPS) is 22.9. The van der Waals surface area contributed by atoms with E-state index < -0.39 is 10.0 Å². The van der Waals surface area contributed by atoms with E-state index in [9.17, 15) is 12.8 Å². The van der Waals surface area contributed by atoms with Crippen LogP contribution in [0.2, 0.25) is 0 Å². The highest BCUT2D eigenvalue weighted by atomic mass is 32.2. The van der Waals surface area contributed by atoms with E-state index >= 15 is 0 Å². The Balaban J connectivity index is 1.32. The number of anilines is 1. The Kier molecular flexibility index (Phi) is 7.32. The van der Waals surface area contributed by atoms with Gasteiger partial charge in [0, 0.05) is 37.9 Å². The van der Waals surface area contributed by atoms with E-state index in [1.54, 1.807) is 16.4 Å². The Morgan fingerprint density at radius 3 is 2.30 bits per heavy atom. The quantitative estimate of drug-likeness (QED) is 0.566. The zero-order valence-corrected chi connectivity index (χ0v) is 19.8. The van der Waals surface area contributed by atoms with Crippen LogP contribution in [0.25, 0.3) is 0 Å². The Bertz CT molecular complexity index is 1070. The molecule has 2 aromatic carbocycles. The van der Waals surface area contributed by atoms with Crippen molar-refractivity contribution in [3.8, 4) is 6.07 Å². The molecule has 1 N–H and O–H groups in total. The number of benzene rings is 2. The van der Waals surface area contributed by atoms with E-state index in [1.807, 2.05) is 24.3 Å². The molecule has 176 valence electrons. The van der Waals surface area contributed by atoms with Crippen molar-refractivity contribution in [2.75, 3.05) is 37.8 Å². The van der Waals surface area contributed by atoms with Gasteiger partial charge < -0.3 is 10.2 Å². The van der Waals surface area contributed by atoms with Gasteiger partial charge >= 0.3 is 0 Å². The number of halogens is 1. The molecule has 0 radical (unpaired) electrons. The van der Waals surface area contributed by atoms with Gasteiger partial charge in [0.05, 0.1) is 17.9 Å². The molecule has 2 aliphatic rings. The number of nitrogens with zero attached hydrogens (tertiary/aromatic N) is 3. The van der Waals surface area contributed by atoms with Gasteiger partial charge in [0.1, 0.15) is 5.82 Å². The van der Waals surface area contributed by atoms with Crippen LogP contribution in [0.15, 0.2) is 48.5 Å². The number of fused-ring (bicyclic) bond motifs is 2. The second-order valence-electron chi connectivity index (χ2n) is 9.25. The van der Waals surface area contributed by atoms with Gasteiger partial charge in [0.15, 0.2) is 0 Å². The fourth-order valence-electron chi connectivity index (χ4n) is 5.36. The van der Waals surface area contributed by atoms with Gasteiger partial charge in [-0.1, -0.05) is 12.1 Å². The highest BCUT2D eigenvalue weighted by Gasteiger charge is 2.47. The lowest BCUT2D eigenvalue weighted by molar-refractivity contribution is 0.0871. The van der Waals surface area contributed by atoms with E-state index in [0.717, 1.165) is 56.7 Å². The molecule has 1 saturated heterocycles. The lowest BCUT2D eigenvalue weighted by atomic mass is 9.91. The second kappa shape index (κ2) is 10.2. The van der Waals surface area contributed by atoms with Crippen molar-refractivity contribution in [3.05, 3.63) is 65.5 Å². The first-order valence-corrected chi connectivity index (χ1v) is 13.4. The van der Waals surface area contributed by atoms with Crippen LogP contribution in [-0.4, -0.2) is 56.1 Å². The van der Waals surface area contributed by atoms with E-state index in [2.05, 4.69) is 16.3 Å². The molecule has 2 bridgehead atoms. The van der Waals surface area contributed by atoms with Crippen molar-refractivity contribution in [3.63, 3.8) is 0 Å². The molecule has 1 aliphatic carbocycles. The number of hydrogen-bond acceptors (Lipinski definition) is 5. The van der Waals surface area contributed by atoms with Crippen molar-refractivity contribution in [1.29, 1.82) is 5.26 Å². The molecule has 1 heterocycles. The average Bonchev–Trinajstić information content (AvgIpc) is 3.04. The number of rotatable bonds is 9. The lowest BCUT2D eigenvalue weighted by Gasteiger charge is -2.42. The van der Waals surface area contributed by atoms with Gasteiger partial charge in [0.2, 0.25) is 10.0 Å². The van der Waals surface area contributed by atoms with Gasteiger partial charge in [0.25, 0.3) is 0 Å². The topological polar surface area (TPSA) is 76.4 Å². The predicted molar refractivity (Wildman–Crippen MR) is 127 cm³/mol. The minimum Gasteiger partial charge on any atom is -0.385 e. The van der Waals surface area contributed by atoms with Crippen LogP contribution in [0.3, 0.4) is 0 Å². The fourth-order valence-corrected chi connectivity index (χ4v) is 6.53. The lowest BCUT2D eigenvalue weighted by Crippen LogP contribution is -2.54. The Hall–Kier alpha value is -2.47. The zero-order chi connectivity index (χ0) is 23.4. The summed E-state index contributed by atoms with van der Waals surface area (Å²) in [5, 5.41) is 12.3. The van der Waals surface area contributed by atoms with Crippen LogP contribution in [0, 0.1) is 29.0 Å². The number of nitriles is 1. The van der Waals surface area contributed by atoms with Crippen LogP contribution in [0.5, 0.6) is 0 Å². The minimum absolute atomic E-state index is 0.0121. The number of nitrogens with one attached hydrogen (secondary N) is 1. The highest BCUT2D eigenvalue weighted by Crippen LogP contribution is 2.41. The molecule has 8 heteroatoms. The fraction of sp³-hybridized carbons (Fsp3) is 0.480. The van der Waals surface area contributed by atoms with Crippen molar-refractivity contribution in [2.45, 2.75) is 31.8 Å². The molecule has 2 fully saturated rings. The molecule has 0 aromatic heterocycles. The molecule has 1 saturated carbocycles. The molecule has 0 spiro atoms. The molecule has 0 amide bonds. The Morgan fingerprint density at radius 2 is 1.73 bits per heavy atom. The molecular formula is C25H31FN4O2S. The molecule has 4 rings (SSSR count). The van der Waals surface area contributed by atoms with Crippen molar-refractivity contribution in [1.82, 2.24) is 9.21 Å². The van der Waals surface area contributed by atoms with Crippen LogP contribution in [0.4, 0.5) is 10.1 Å². The van der Waals surface area contributed by atoms with Crippen molar-refractivity contribution < 1.29 is 12.8 Å². The third-order valence-corrected chi connectivity index (χ3v) is 8.09. The van der Waals surface area contributed by atoms with Gasteiger partial charge in [-0.15, -0.1) is 0 Å². The van der Waals surface area contributed by atoms with Crippen LogP contribution >= 0.6 is 0 Å². The summed E-state index contributed by atoms with van der Waals surface area (Å²) < 4.78 is 40.4. The van der Waals surface area contributed by atoms with E-state index in [0.29, 0.717) is 23.9 Å². The SMILES string of the molecule is CS(=O)(=O)N(Cc1ccc(F)cc1)C1C2CCC1CN(CCCNc1ccc(C#N)cc1)C2. The van der Waals surface area contributed by atoms with Crippen LogP contribution in [-0.2, 0) is 16.6 Å². The van der Waals surface area contributed by atoms with Crippen molar-refractivity contribution in [2.24, 2.45) is 11.8 Å². The third-order valence-electron chi connectivity index (χ3n) is 6.86. The van der Waals surface area contributed by atoms with Crippen molar-refractivity contribution >= 4 is 15.7 Å². The summed E-state index contributed by atoms with van der Waals surface area (Å²) in [6.07, 6.45) is 4.38. The molecule has 6 nitrogen and oxygen atoms in total. The number of sulfonamides is 1. The smallest absolute Gasteiger partial charge is 0.211 e. The number of likely N-dealkylation sites (tertiary alicyclic amines) is 1. The van der Waals surface area contributed by atoms with Gasteiger partial charge in [-0.05, 0) is 79.6 Å². The van der Waals surface area contributed by atoms with Gasteiger partial charge in [-0.2, -0.15) is 9.57 Å². The Morgan fingerprint density at radius 1 is 1.09 bits per heavy atom. The summed E-state index contributed by atoms with van der Waals surface area (Å²) >= 11 is 0. The standard InChI is InChI=1S/C25H31FN4O2S/c1-33(31,32)30(16-20-3-9-23(26)10-4-20)25-21-7-8-22(25)18-29(17-21)14-2-13-28-24-11-5-19(15-27)6-12-24/h3-6,9-12,21-22,25,28H,2,7-8,13-14,16-18H2,1H3. The third kappa shape index (κ3) is 5.91. The van der Waals surface area contributed by atoms with Crippen LogP contribution < -0.4 is 5.32 Å². The molecule has 1 aliphatic heterocycles. The Labute approximate surface area is 196 Å². The molecule has 2 unspecified atom stereocenters.